The van der Waals surface area contributed by atoms with Crippen molar-refractivity contribution in [2.75, 3.05) is 0 Å². The summed E-state index contributed by atoms with van der Waals surface area (Å²) in [5, 5.41) is 9.36. The van der Waals surface area contributed by atoms with Crippen LogP contribution >= 0.6 is 23.2 Å². The van der Waals surface area contributed by atoms with E-state index in [0.29, 0.717) is 28.8 Å². The van der Waals surface area contributed by atoms with Crippen LogP contribution in [0.5, 0.6) is 0 Å². The van der Waals surface area contributed by atoms with Gasteiger partial charge in [-0.15, -0.1) is 5.10 Å². The van der Waals surface area contributed by atoms with E-state index in [4.69, 9.17) is 23.2 Å². The smallest absolute Gasteiger partial charge is 0.283 e. The second-order valence-electron chi connectivity index (χ2n) is 5.81. The third-order valence-corrected chi connectivity index (χ3v) is 4.66. The van der Waals surface area contributed by atoms with E-state index in [9.17, 15) is 4.79 Å². The van der Waals surface area contributed by atoms with Gasteiger partial charge in [-0.05, 0) is 29.3 Å². The van der Waals surface area contributed by atoms with E-state index in [-0.39, 0.29) is 11.1 Å². The summed E-state index contributed by atoms with van der Waals surface area (Å²) >= 11 is 12.1. The molecule has 2 aromatic carbocycles. The van der Waals surface area contributed by atoms with Crippen molar-refractivity contribution in [2.45, 2.75) is 13.1 Å². The molecule has 0 unspecified atom stereocenters. The van der Waals surface area contributed by atoms with Crippen LogP contribution < -0.4 is 5.56 Å². The van der Waals surface area contributed by atoms with E-state index >= 15 is 0 Å². The fourth-order valence-corrected chi connectivity index (χ4v) is 3.00. The van der Waals surface area contributed by atoms with Gasteiger partial charge < -0.3 is 0 Å². The molecule has 0 bridgehead atoms. The first kappa shape index (κ1) is 16.8. The molecular weight excluding hydrogens is 373 g/mol. The van der Waals surface area contributed by atoms with Crippen molar-refractivity contribution in [3.63, 3.8) is 0 Å². The molecule has 0 amide bonds. The molecular formula is C18H13Cl2N5O. The number of halogens is 2. The van der Waals surface area contributed by atoms with Crippen molar-refractivity contribution >= 4 is 34.4 Å². The van der Waals surface area contributed by atoms with Crippen molar-refractivity contribution in [3.05, 3.63) is 86.4 Å². The normalized spacial score (nSPS) is 11.2. The zero-order valence-corrected chi connectivity index (χ0v) is 15.0. The molecule has 26 heavy (non-hydrogen) atoms. The molecule has 0 N–H and O–H groups in total. The first-order valence-corrected chi connectivity index (χ1v) is 8.64. The van der Waals surface area contributed by atoms with E-state index < -0.39 is 0 Å². The topological polar surface area (TPSA) is 65.6 Å². The van der Waals surface area contributed by atoms with Crippen LogP contribution in [0.25, 0.3) is 11.2 Å². The maximum absolute atomic E-state index is 12.7. The Balaban J connectivity index is 1.68. The van der Waals surface area contributed by atoms with Gasteiger partial charge >= 0.3 is 0 Å². The summed E-state index contributed by atoms with van der Waals surface area (Å²) < 4.78 is 3.07. The standard InChI is InChI=1S/C18H13Cl2N5O/c19-14-7-5-12(6-8-14)9-24-11-21-17-16(18(24)26)22-23-25(17)10-13-3-1-2-4-15(13)20/h1-8,11H,9-10H2. The minimum absolute atomic E-state index is 0.230. The Bertz CT molecular complexity index is 1130. The highest BCUT2D eigenvalue weighted by molar-refractivity contribution is 6.31. The van der Waals surface area contributed by atoms with Crippen LogP contribution in [0.15, 0.2) is 59.7 Å². The lowest BCUT2D eigenvalue weighted by atomic mass is 10.2. The lowest BCUT2D eigenvalue weighted by Crippen LogP contribution is -2.21. The summed E-state index contributed by atoms with van der Waals surface area (Å²) in [4.78, 5) is 17.1. The average Bonchev–Trinajstić information content (AvgIpc) is 3.05. The van der Waals surface area contributed by atoms with Gasteiger partial charge in [0.05, 0.1) is 13.1 Å². The third-order valence-electron chi connectivity index (χ3n) is 4.04. The van der Waals surface area contributed by atoms with Gasteiger partial charge in [-0.3, -0.25) is 9.36 Å². The van der Waals surface area contributed by atoms with Gasteiger partial charge in [0.1, 0.15) is 6.33 Å². The van der Waals surface area contributed by atoms with Crippen LogP contribution in [0.3, 0.4) is 0 Å². The minimum atomic E-state index is -0.240. The second kappa shape index (κ2) is 6.90. The van der Waals surface area contributed by atoms with Gasteiger partial charge in [-0.25, -0.2) is 9.67 Å². The molecule has 0 spiro atoms. The monoisotopic (exact) mass is 385 g/mol. The first-order chi connectivity index (χ1) is 12.6. The maximum atomic E-state index is 12.7. The van der Waals surface area contributed by atoms with E-state index in [1.54, 1.807) is 16.8 Å². The molecule has 130 valence electrons. The molecule has 0 aliphatic rings. The van der Waals surface area contributed by atoms with E-state index in [2.05, 4.69) is 15.3 Å². The molecule has 0 saturated carbocycles. The van der Waals surface area contributed by atoms with E-state index in [1.165, 1.54) is 10.9 Å². The summed E-state index contributed by atoms with van der Waals surface area (Å²) in [6.45, 7) is 0.778. The lowest BCUT2D eigenvalue weighted by Gasteiger charge is -2.06. The van der Waals surface area contributed by atoms with Crippen LogP contribution in [-0.4, -0.2) is 24.5 Å². The number of hydrogen-bond acceptors (Lipinski definition) is 4. The van der Waals surface area contributed by atoms with Gasteiger partial charge in [-0.1, -0.05) is 58.7 Å². The molecule has 0 fully saturated rings. The number of hydrogen-bond donors (Lipinski definition) is 0. The Hall–Kier alpha value is -2.70. The predicted octanol–water partition coefficient (Wildman–Crippen LogP) is 3.39. The molecule has 4 rings (SSSR count). The third kappa shape index (κ3) is 3.21. The first-order valence-electron chi connectivity index (χ1n) is 7.88. The maximum Gasteiger partial charge on any atom is 0.283 e. The van der Waals surface area contributed by atoms with Gasteiger partial charge in [-0.2, -0.15) is 0 Å². The Morgan fingerprint density at radius 2 is 1.73 bits per heavy atom. The molecule has 2 heterocycles. The van der Waals surface area contributed by atoms with Gasteiger partial charge in [0.25, 0.3) is 5.56 Å². The fraction of sp³-hybridized carbons (Fsp3) is 0.111. The van der Waals surface area contributed by atoms with Crippen molar-refractivity contribution in [1.29, 1.82) is 0 Å². The lowest BCUT2D eigenvalue weighted by molar-refractivity contribution is 0.663. The van der Waals surface area contributed by atoms with Crippen LogP contribution in [0.1, 0.15) is 11.1 Å². The number of fused-ring (bicyclic) bond motifs is 1. The largest absolute Gasteiger partial charge is 0.293 e. The van der Waals surface area contributed by atoms with Gasteiger partial charge in [0.2, 0.25) is 0 Å². The summed E-state index contributed by atoms with van der Waals surface area (Å²) in [6.07, 6.45) is 1.51. The summed E-state index contributed by atoms with van der Waals surface area (Å²) in [5.41, 5.74) is 2.25. The molecule has 0 radical (unpaired) electrons. The average molecular weight is 386 g/mol. The Morgan fingerprint density at radius 1 is 0.962 bits per heavy atom. The Labute approximate surface area is 158 Å². The SMILES string of the molecule is O=c1c2nnn(Cc3ccccc3Cl)c2ncn1Cc1ccc(Cl)cc1. The number of rotatable bonds is 4. The van der Waals surface area contributed by atoms with Crippen molar-refractivity contribution in [3.8, 4) is 0 Å². The van der Waals surface area contributed by atoms with E-state index in [1.807, 2.05) is 36.4 Å². The van der Waals surface area contributed by atoms with Crippen molar-refractivity contribution < 1.29 is 0 Å². The molecule has 8 heteroatoms. The summed E-state index contributed by atoms with van der Waals surface area (Å²) in [6, 6.07) is 14.8. The highest BCUT2D eigenvalue weighted by Crippen LogP contribution is 2.17. The van der Waals surface area contributed by atoms with Crippen LogP contribution in [-0.2, 0) is 13.1 Å². The second-order valence-corrected chi connectivity index (χ2v) is 6.66. The molecule has 0 aliphatic carbocycles. The van der Waals surface area contributed by atoms with E-state index in [0.717, 1.165) is 11.1 Å². The number of nitrogens with zero attached hydrogens (tertiary/aromatic N) is 5. The van der Waals surface area contributed by atoms with Crippen molar-refractivity contribution in [2.24, 2.45) is 0 Å². The highest BCUT2D eigenvalue weighted by atomic mass is 35.5. The molecule has 2 aromatic heterocycles. The van der Waals surface area contributed by atoms with Crippen LogP contribution in [0, 0.1) is 0 Å². The number of benzene rings is 2. The number of aromatic nitrogens is 5. The van der Waals surface area contributed by atoms with Gasteiger partial charge in [0, 0.05) is 10.0 Å². The zero-order valence-electron chi connectivity index (χ0n) is 13.5. The molecule has 6 nitrogen and oxygen atoms in total. The quantitative estimate of drug-likeness (QED) is 0.539. The predicted molar refractivity (Wildman–Crippen MR) is 101 cm³/mol. The van der Waals surface area contributed by atoms with Gasteiger partial charge in [0.15, 0.2) is 11.2 Å². The highest BCUT2D eigenvalue weighted by Gasteiger charge is 2.13. The molecule has 0 aliphatic heterocycles. The Kier molecular flexibility index (Phi) is 4.44. The molecule has 4 aromatic rings. The summed E-state index contributed by atoms with van der Waals surface area (Å²) in [7, 11) is 0. The zero-order chi connectivity index (χ0) is 18.1. The Morgan fingerprint density at radius 3 is 2.50 bits per heavy atom. The van der Waals surface area contributed by atoms with Crippen LogP contribution in [0.4, 0.5) is 0 Å². The molecule has 0 saturated heterocycles. The fourth-order valence-electron chi connectivity index (χ4n) is 2.68. The van der Waals surface area contributed by atoms with Crippen molar-refractivity contribution in [1.82, 2.24) is 24.5 Å². The molecule has 0 atom stereocenters. The minimum Gasteiger partial charge on any atom is -0.293 e. The summed E-state index contributed by atoms with van der Waals surface area (Å²) in [5.74, 6) is 0. The van der Waals surface area contributed by atoms with Crippen LogP contribution in [0.2, 0.25) is 10.0 Å².